The molecule has 3 aromatic rings. The topological polar surface area (TPSA) is 25.2 Å². The molecule has 3 rings (SSSR count). The minimum Gasteiger partial charge on any atom is -0.464 e. The highest BCUT2D eigenvalue weighted by molar-refractivity contribution is 5.81. The van der Waals surface area contributed by atoms with Gasteiger partial charge in [-0.05, 0) is 36.2 Å². The van der Waals surface area contributed by atoms with Crippen LogP contribution in [-0.2, 0) is 13.0 Å². The molecule has 1 N–H and O–H groups in total. The smallest absolute Gasteiger partial charge is 0.134 e. The van der Waals surface area contributed by atoms with Crippen LogP contribution in [0.15, 0.2) is 59.2 Å². The lowest BCUT2D eigenvalue weighted by atomic mass is 10.0. The Morgan fingerprint density at radius 3 is 2.65 bits per heavy atom. The van der Waals surface area contributed by atoms with Gasteiger partial charge in [0, 0.05) is 17.5 Å². The second-order valence-electron chi connectivity index (χ2n) is 5.03. The first kappa shape index (κ1) is 12.9. The molecule has 0 radical (unpaired) electrons. The minimum atomic E-state index is 0.859. The zero-order chi connectivity index (χ0) is 13.8. The Morgan fingerprint density at radius 1 is 1.00 bits per heavy atom. The van der Waals surface area contributed by atoms with Crippen LogP contribution in [0.25, 0.3) is 11.0 Å². The van der Waals surface area contributed by atoms with Crippen LogP contribution in [0.5, 0.6) is 0 Å². The molecule has 0 aliphatic heterocycles. The maximum atomic E-state index is 5.61. The number of hydrogen-bond donors (Lipinski definition) is 1. The van der Waals surface area contributed by atoms with Gasteiger partial charge in [-0.15, -0.1) is 0 Å². The van der Waals surface area contributed by atoms with E-state index in [4.69, 9.17) is 4.42 Å². The van der Waals surface area contributed by atoms with Gasteiger partial charge in [0.25, 0.3) is 0 Å². The molecule has 2 aromatic carbocycles. The third-order valence-corrected chi connectivity index (χ3v) is 3.53. The lowest BCUT2D eigenvalue weighted by molar-refractivity contribution is 0.604. The van der Waals surface area contributed by atoms with Crippen molar-refractivity contribution >= 4 is 11.0 Å². The van der Waals surface area contributed by atoms with Gasteiger partial charge in [-0.3, -0.25) is 0 Å². The fraction of sp³-hybridized carbons (Fsp3) is 0.222. The summed E-state index contributed by atoms with van der Waals surface area (Å²) in [4.78, 5) is 0. The largest absolute Gasteiger partial charge is 0.464 e. The Balaban J connectivity index is 1.89. The minimum absolute atomic E-state index is 0.859. The number of hydrogen-bond acceptors (Lipinski definition) is 2. The summed E-state index contributed by atoms with van der Waals surface area (Å²) in [6.45, 7) is 3.94. The molecular weight excluding hydrogens is 246 g/mol. The summed E-state index contributed by atoms with van der Waals surface area (Å²) in [7, 11) is 0. The predicted octanol–water partition coefficient (Wildman–Crippen LogP) is 4.13. The molecule has 0 saturated heterocycles. The molecule has 0 spiro atoms. The number of benzene rings is 2. The molecule has 2 nitrogen and oxygen atoms in total. The SMILES string of the molecule is CCNCc1coc2ccc(Cc3ccccc3)cc12. The van der Waals surface area contributed by atoms with Gasteiger partial charge in [-0.2, -0.15) is 0 Å². The monoisotopic (exact) mass is 265 g/mol. The predicted molar refractivity (Wildman–Crippen MR) is 82.8 cm³/mol. The fourth-order valence-corrected chi connectivity index (χ4v) is 2.47. The molecule has 0 bridgehead atoms. The highest BCUT2D eigenvalue weighted by atomic mass is 16.3. The normalized spacial score (nSPS) is 11.1. The van der Waals surface area contributed by atoms with Gasteiger partial charge in [0.05, 0.1) is 6.26 Å². The van der Waals surface area contributed by atoms with Crippen LogP contribution in [0.4, 0.5) is 0 Å². The average molecular weight is 265 g/mol. The third kappa shape index (κ3) is 2.75. The van der Waals surface area contributed by atoms with E-state index < -0.39 is 0 Å². The third-order valence-electron chi connectivity index (χ3n) is 3.53. The van der Waals surface area contributed by atoms with Crippen LogP contribution >= 0.6 is 0 Å². The first-order valence-electron chi connectivity index (χ1n) is 7.10. The van der Waals surface area contributed by atoms with Crippen LogP contribution in [0, 0.1) is 0 Å². The van der Waals surface area contributed by atoms with Crippen molar-refractivity contribution in [3.05, 3.63) is 71.5 Å². The molecule has 0 aliphatic rings. The first-order chi connectivity index (χ1) is 9.86. The zero-order valence-electron chi connectivity index (χ0n) is 11.7. The molecule has 2 heteroatoms. The molecule has 0 atom stereocenters. The summed E-state index contributed by atoms with van der Waals surface area (Å²) in [6, 6.07) is 17.0. The van der Waals surface area contributed by atoms with Gasteiger partial charge in [-0.1, -0.05) is 43.3 Å². The lowest BCUT2D eigenvalue weighted by Gasteiger charge is -2.03. The molecule has 0 amide bonds. The maximum absolute atomic E-state index is 5.61. The highest BCUT2D eigenvalue weighted by Crippen LogP contribution is 2.23. The number of nitrogens with one attached hydrogen (secondary N) is 1. The van der Waals surface area contributed by atoms with Crippen molar-refractivity contribution in [2.24, 2.45) is 0 Å². The lowest BCUT2D eigenvalue weighted by Crippen LogP contribution is -2.11. The molecule has 0 unspecified atom stereocenters. The van der Waals surface area contributed by atoms with Crippen LogP contribution in [-0.4, -0.2) is 6.54 Å². The van der Waals surface area contributed by atoms with Gasteiger partial charge in [0.1, 0.15) is 5.58 Å². The van der Waals surface area contributed by atoms with Crippen LogP contribution < -0.4 is 5.32 Å². The highest BCUT2D eigenvalue weighted by Gasteiger charge is 2.06. The van der Waals surface area contributed by atoms with Crippen molar-refractivity contribution < 1.29 is 4.42 Å². The first-order valence-corrected chi connectivity index (χ1v) is 7.10. The van der Waals surface area contributed by atoms with Crippen molar-refractivity contribution in [3.63, 3.8) is 0 Å². The van der Waals surface area contributed by atoms with Crippen molar-refractivity contribution in [2.45, 2.75) is 19.9 Å². The van der Waals surface area contributed by atoms with E-state index in [2.05, 4.69) is 60.8 Å². The van der Waals surface area contributed by atoms with E-state index in [1.165, 1.54) is 22.1 Å². The Bertz CT molecular complexity index is 685. The number of fused-ring (bicyclic) bond motifs is 1. The maximum Gasteiger partial charge on any atom is 0.134 e. The Morgan fingerprint density at radius 2 is 1.85 bits per heavy atom. The fourth-order valence-electron chi connectivity index (χ4n) is 2.47. The summed E-state index contributed by atoms with van der Waals surface area (Å²) in [5, 5.41) is 4.57. The molecule has 0 fully saturated rings. The molecule has 102 valence electrons. The van der Waals surface area contributed by atoms with Crippen molar-refractivity contribution in [2.75, 3.05) is 6.54 Å². The Hall–Kier alpha value is -2.06. The molecule has 1 heterocycles. The van der Waals surface area contributed by atoms with Crippen LogP contribution in [0.3, 0.4) is 0 Å². The Kier molecular flexibility index (Phi) is 3.84. The second kappa shape index (κ2) is 5.93. The summed E-state index contributed by atoms with van der Waals surface area (Å²) in [5.41, 5.74) is 4.86. The summed E-state index contributed by atoms with van der Waals surface area (Å²) >= 11 is 0. The quantitative estimate of drug-likeness (QED) is 0.750. The summed E-state index contributed by atoms with van der Waals surface area (Å²) in [5.74, 6) is 0. The molecule has 0 saturated carbocycles. The molecule has 1 aromatic heterocycles. The van der Waals surface area contributed by atoms with Gasteiger partial charge in [0.2, 0.25) is 0 Å². The Labute approximate surface area is 119 Å². The molecular formula is C18H19NO. The van der Waals surface area contributed by atoms with Crippen molar-refractivity contribution in [1.82, 2.24) is 5.32 Å². The van der Waals surface area contributed by atoms with Crippen LogP contribution in [0.1, 0.15) is 23.6 Å². The summed E-state index contributed by atoms with van der Waals surface area (Å²) in [6.07, 6.45) is 2.82. The van der Waals surface area contributed by atoms with Gasteiger partial charge in [-0.25, -0.2) is 0 Å². The van der Waals surface area contributed by atoms with E-state index in [0.717, 1.165) is 25.1 Å². The van der Waals surface area contributed by atoms with E-state index in [1.807, 2.05) is 6.26 Å². The number of furan rings is 1. The zero-order valence-corrected chi connectivity index (χ0v) is 11.7. The van der Waals surface area contributed by atoms with E-state index in [-0.39, 0.29) is 0 Å². The second-order valence-corrected chi connectivity index (χ2v) is 5.03. The van der Waals surface area contributed by atoms with E-state index >= 15 is 0 Å². The van der Waals surface area contributed by atoms with Gasteiger partial charge < -0.3 is 9.73 Å². The van der Waals surface area contributed by atoms with E-state index in [0.29, 0.717) is 0 Å². The standard InChI is InChI=1S/C18H19NO/c1-2-19-12-16-13-20-18-9-8-15(11-17(16)18)10-14-6-4-3-5-7-14/h3-9,11,13,19H,2,10,12H2,1H3. The van der Waals surface area contributed by atoms with Gasteiger partial charge >= 0.3 is 0 Å². The molecule has 0 aliphatic carbocycles. The number of rotatable bonds is 5. The van der Waals surface area contributed by atoms with Gasteiger partial charge in [0.15, 0.2) is 0 Å². The average Bonchev–Trinajstić information content (AvgIpc) is 2.89. The van der Waals surface area contributed by atoms with Crippen LogP contribution in [0.2, 0.25) is 0 Å². The van der Waals surface area contributed by atoms with Crippen molar-refractivity contribution in [3.8, 4) is 0 Å². The van der Waals surface area contributed by atoms with E-state index in [1.54, 1.807) is 0 Å². The molecule has 20 heavy (non-hydrogen) atoms. The summed E-state index contributed by atoms with van der Waals surface area (Å²) < 4.78 is 5.61. The van der Waals surface area contributed by atoms with E-state index in [9.17, 15) is 0 Å². The van der Waals surface area contributed by atoms with Crippen molar-refractivity contribution in [1.29, 1.82) is 0 Å².